The summed E-state index contributed by atoms with van der Waals surface area (Å²) in [5.41, 5.74) is 8.92. The van der Waals surface area contributed by atoms with Crippen molar-refractivity contribution in [2.75, 3.05) is 31.6 Å². The summed E-state index contributed by atoms with van der Waals surface area (Å²) in [4.78, 5) is 11.8. The Hall–Kier alpha value is -2.64. The molecule has 0 radical (unpaired) electrons. The summed E-state index contributed by atoms with van der Waals surface area (Å²) in [5.74, 6) is -0.0574. The predicted octanol–water partition coefficient (Wildman–Crippen LogP) is 3.70. The van der Waals surface area contributed by atoms with Gasteiger partial charge in [0.2, 0.25) is 0 Å². The highest BCUT2D eigenvalue weighted by Crippen LogP contribution is 2.18. The number of nitrogens with one attached hydrogen (secondary N) is 2. The minimum Gasteiger partial charge on any atom is -0.380 e. The van der Waals surface area contributed by atoms with Crippen molar-refractivity contribution in [3.63, 3.8) is 0 Å². The molecule has 0 aliphatic heterocycles. The van der Waals surface area contributed by atoms with E-state index >= 15 is 0 Å². The Morgan fingerprint density at radius 1 is 1.28 bits per heavy atom. The first-order valence-electron chi connectivity index (χ1n) is 10.0. The largest absolute Gasteiger partial charge is 0.380 e. The van der Waals surface area contributed by atoms with Crippen LogP contribution in [0.5, 0.6) is 0 Å². The van der Waals surface area contributed by atoms with Crippen molar-refractivity contribution >= 4 is 17.4 Å². The molecular weight excluding hydrogens is 366 g/mol. The number of carbonyl (C=O) groups excluding carboxylic acids is 1. The number of amides is 1. The van der Waals surface area contributed by atoms with Crippen LogP contribution in [-0.4, -0.2) is 42.0 Å². The van der Waals surface area contributed by atoms with Crippen molar-refractivity contribution < 1.29 is 9.53 Å². The number of nitrogens with zero attached hydrogens (tertiary/aromatic N) is 2. The monoisotopic (exact) mass is 401 g/mol. The van der Waals surface area contributed by atoms with Crippen molar-refractivity contribution in [3.05, 3.63) is 53.4 Å². The molecule has 0 spiro atoms. The highest BCUT2D eigenvalue weighted by molar-refractivity contribution is 5.97. The van der Waals surface area contributed by atoms with E-state index in [0.29, 0.717) is 18.0 Å². The third kappa shape index (κ3) is 8.93. The van der Waals surface area contributed by atoms with Gasteiger partial charge in [-0.05, 0) is 46.3 Å². The molecule has 0 saturated carbocycles. The molecule has 0 aliphatic rings. The second-order valence-electron chi connectivity index (χ2n) is 6.59. The fourth-order valence-electron chi connectivity index (χ4n) is 2.42. The van der Waals surface area contributed by atoms with Crippen LogP contribution >= 0.6 is 0 Å². The van der Waals surface area contributed by atoms with Gasteiger partial charge in [-0.1, -0.05) is 30.7 Å². The maximum Gasteiger partial charge on any atom is 0.254 e. The van der Waals surface area contributed by atoms with Crippen LogP contribution in [0.3, 0.4) is 0 Å². The van der Waals surface area contributed by atoms with Gasteiger partial charge < -0.3 is 21.1 Å². The molecule has 1 amide bonds. The van der Waals surface area contributed by atoms with Gasteiger partial charge in [0.15, 0.2) is 5.82 Å². The van der Waals surface area contributed by atoms with E-state index in [2.05, 4.69) is 28.7 Å². The molecule has 1 rings (SSSR count). The number of primary amides is 1. The summed E-state index contributed by atoms with van der Waals surface area (Å²) in [7, 11) is 0. The van der Waals surface area contributed by atoms with Gasteiger partial charge in [0.05, 0.1) is 6.61 Å². The summed E-state index contributed by atoms with van der Waals surface area (Å²) < 4.78 is 6.96. The van der Waals surface area contributed by atoms with E-state index in [0.717, 1.165) is 37.5 Å². The zero-order chi connectivity index (χ0) is 21.6. The van der Waals surface area contributed by atoms with Crippen LogP contribution in [-0.2, 0) is 4.74 Å². The molecule has 0 atom stereocenters. The molecule has 4 N–H and O–H groups in total. The molecule has 1 aromatic heterocycles. The Kier molecular flexibility index (Phi) is 11.4. The average molecular weight is 402 g/mol. The van der Waals surface area contributed by atoms with E-state index in [-0.39, 0.29) is 0 Å². The van der Waals surface area contributed by atoms with Gasteiger partial charge in [-0.25, -0.2) is 4.68 Å². The number of hydrogen-bond acceptors (Lipinski definition) is 5. The molecular formula is C22H35N5O2. The van der Waals surface area contributed by atoms with E-state index in [1.165, 1.54) is 5.57 Å². The molecule has 29 heavy (non-hydrogen) atoms. The van der Waals surface area contributed by atoms with Crippen LogP contribution in [0.2, 0.25) is 0 Å². The second kappa shape index (κ2) is 13.5. The van der Waals surface area contributed by atoms with Crippen LogP contribution in [0, 0.1) is 0 Å². The third-order valence-electron chi connectivity index (χ3n) is 4.13. The van der Waals surface area contributed by atoms with E-state index in [1.54, 1.807) is 10.9 Å². The average Bonchev–Trinajstić information content (AvgIpc) is 3.13. The normalized spacial score (nSPS) is 13.3. The molecule has 0 aromatic carbocycles. The maximum absolute atomic E-state index is 11.8. The molecule has 7 nitrogen and oxygen atoms in total. The summed E-state index contributed by atoms with van der Waals surface area (Å²) in [6.07, 6.45) is 12.2. The Morgan fingerprint density at radius 3 is 2.66 bits per heavy atom. The van der Waals surface area contributed by atoms with E-state index < -0.39 is 5.91 Å². The predicted molar refractivity (Wildman–Crippen MR) is 121 cm³/mol. The number of allylic oxidation sites excluding steroid dienone is 7. The molecule has 0 fully saturated rings. The van der Waals surface area contributed by atoms with E-state index in [9.17, 15) is 4.79 Å². The Balaban J connectivity index is 2.89. The molecule has 0 bridgehead atoms. The number of nitrogens with two attached hydrogens (primary N) is 1. The van der Waals surface area contributed by atoms with Crippen molar-refractivity contribution in [2.45, 2.75) is 41.0 Å². The molecule has 160 valence electrons. The molecule has 0 saturated heterocycles. The Morgan fingerprint density at radius 2 is 2.03 bits per heavy atom. The molecule has 1 aromatic rings. The zero-order valence-corrected chi connectivity index (χ0v) is 18.3. The number of carbonyl (C=O) groups is 1. The van der Waals surface area contributed by atoms with E-state index in [4.69, 9.17) is 10.5 Å². The van der Waals surface area contributed by atoms with Crippen LogP contribution < -0.4 is 16.4 Å². The van der Waals surface area contributed by atoms with Gasteiger partial charge in [-0.2, -0.15) is 0 Å². The number of rotatable bonds is 13. The fraction of sp³-hybridized carbons (Fsp3) is 0.455. The standard InChI is InChI=1S/C22H35N5O2/c1-6-9-10-18(5)27-16-20(21(23)28)22(26-27)25-19(7-2)12-11-17(4)15-24-13-14-29-8-3/h6,9-12,16,24H,7-8,13-15H2,1-5H3,(H2,23,28)(H,25,26)/b9-6-,17-11+,18-10+,19-12+. The molecule has 7 heteroatoms. The number of hydrogen-bond donors (Lipinski definition) is 3. The van der Waals surface area contributed by atoms with Gasteiger partial charge in [-0.3, -0.25) is 4.79 Å². The lowest BCUT2D eigenvalue weighted by molar-refractivity contribution is 0.100. The van der Waals surface area contributed by atoms with Crippen LogP contribution in [0.4, 0.5) is 5.82 Å². The van der Waals surface area contributed by atoms with Crippen molar-refractivity contribution in [3.8, 4) is 0 Å². The SMILES string of the molecule is C/C=C\C=C(/C)n1cc(C(N)=O)c(N/C(=C/C=C(\C)CNCCOCC)CC)n1. The van der Waals surface area contributed by atoms with Gasteiger partial charge in [-0.15, -0.1) is 5.10 Å². The van der Waals surface area contributed by atoms with Crippen LogP contribution in [0.25, 0.3) is 5.70 Å². The number of ether oxygens (including phenoxy) is 1. The molecule has 0 aliphatic carbocycles. The third-order valence-corrected chi connectivity index (χ3v) is 4.13. The lowest BCUT2D eigenvalue weighted by Crippen LogP contribution is -2.21. The maximum atomic E-state index is 11.8. The van der Waals surface area contributed by atoms with Crippen LogP contribution in [0.15, 0.2) is 47.8 Å². The summed E-state index contributed by atoms with van der Waals surface area (Å²) in [6.45, 7) is 13.0. The first kappa shape index (κ1) is 24.4. The van der Waals surface area contributed by atoms with Crippen molar-refractivity contribution in [2.24, 2.45) is 5.73 Å². The topological polar surface area (TPSA) is 94.2 Å². The van der Waals surface area contributed by atoms with Gasteiger partial charge >= 0.3 is 0 Å². The lowest BCUT2D eigenvalue weighted by Gasteiger charge is -2.08. The van der Waals surface area contributed by atoms with Crippen molar-refractivity contribution in [1.82, 2.24) is 15.1 Å². The second-order valence-corrected chi connectivity index (χ2v) is 6.59. The van der Waals surface area contributed by atoms with Crippen molar-refractivity contribution in [1.29, 1.82) is 0 Å². The Bertz CT molecular complexity index is 772. The first-order chi connectivity index (χ1) is 13.9. The molecule has 0 unspecified atom stereocenters. The van der Waals surface area contributed by atoms with Gasteiger partial charge in [0, 0.05) is 37.3 Å². The lowest BCUT2D eigenvalue weighted by atomic mass is 10.2. The van der Waals surface area contributed by atoms with Gasteiger partial charge in [0.1, 0.15) is 5.56 Å². The zero-order valence-electron chi connectivity index (χ0n) is 18.3. The summed E-state index contributed by atoms with van der Waals surface area (Å²) >= 11 is 0. The Labute approximate surface area is 174 Å². The highest BCUT2D eigenvalue weighted by Gasteiger charge is 2.15. The van der Waals surface area contributed by atoms with Gasteiger partial charge in [0.25, 0.3) is 5.91 Å². The quantitative estimate of drug-likeness (QED) is 0.346. The number of aromatic nitrogens is 2. The molecule has 1 heterocycles. The summed E-state index contributed by atoms with van der Waals surface area (Å²) in [5, 5.41) is 11.1. The minimum absolute atomic E-state index is 0.357. The fourth-order valence-corrected chi connectivity index (χ4v) is 2.42. The smallest absolute Gasteiger partial charge is 0.254 e. The number of anilines is 1. The minimum atomic E-state index is -0.516. The van der Waals surface area contributed by atoms with Crippen LogP contribution in [0.1, 0.15) is 51.4 Å². The first-order valence-corrected chi connectivity index (χ1v) is 10.0. The van der Waals surface area contributed by atoms with E-state index in [1.807, 2.05) is 52.0 Å². The highest BCUT2D eigenvalue weighted by atomic mass is 16.5. The summed E-state index contributed by atoms with van der Waals surface area (Å²) in [6, 6.07) is 0.